The third-order valence-corrected chi connectivity index (χ3v) is 6.57. The molecule has 27 heavy (non-hydrogen) atoms. The third kappa shape index (κ3) is 3.39. The number of allylic oxidation sites excluding steroid dienone is 1. The minimum absolute atomic E-state index is 0.0370. The van der Waals surface area contributed by atoms with Crippen LogP contribution in [-0.2, 0) is 25.4 Å². The topological polar surface area (TPSA) is 51.4 Å². The van der Waals surface area contributed by atoms with Gasteiger partial charge in [0.15, 0.2) is 5.78 Å². The molecule has 0 bridgehead atoms. The Labute approximate surface area is 161 Å². The highest BCUT2D eigenvalue weighted by Crippen LogP contribution is 2.59. The molecule has 0 radical (unpaired) electrons. The van der Waals surface area contributed by atoms with Gasteiger partial charge < -0.3 is 14.2 Å². The second-order valence-corrected chi connectivity index (χ2v) is 8.79. The lowest BCUT2D eigenvalue weighted by atomic mass is 9.64. The molecule has 3 aliphatic rings. The van der Waals surface area contributed by atoms with E-state index >= 15 is 0 Å². The van der Waals surface area contributed by atoms with Gasteiger partial charge in [0.1, 0.15) is 17.3 Å². The van der Waals surface area contributed by atoms with Gasteiger partial charge in [0.2, 0.25) is 0 Å². The van der Waals surface area contributed by atoms with Gasteiger partial charge in [0.05, 0.1) is 18.6 Å². The molecule has 1 spiro atoms. The zero-order chi connectivity index (χ0) is 19.2. The van der Waals surface area contributed by atoms with Crippen LogP contribution in [0, 0.1) is 11.8 Å². The van der Waals surface area contributed by atoms with Gasteiger partial charge >= 0.3 is 0 Å². The number of epoxide rings is 2. The van der Waals surface area contributed by atoms with Crippen molar-refractivity contribution in [2.75, 3.05) is 13.7 Å². The zero-order valence-electron chi connectivity index (χ0n) is 16.7. The van der Waals surface area contributed by atoms with Crippen LogP contribution in [0.1, 0.15) is 39.2 Å². The second-order valence-electron chi connectivity index (χ2n) is 8.79. The SMILES string of the molecule is CO[C@@H]1C(=O)C(Cc2ccccc2)C[C@]2(CO2)[C@H]1[C@]1(C)O[C@@H]1CC=C(C)C. The summed E-state index contributed by atoms with van der Waals surface area (Å²) in [7, 11) is 1.65. The van der Waals surface area contributed by atoms with E-state index in [2.05, 4.69) is 39.0 Å². The lowest BCUT2D eigenvalue weighted by Gasteiger charge is -2.41. The molecule has 4 heteroatoms. The fraction of sp³-hybridized carbons (Fsp3) is 0.609. The maximum Gasteiger partial charge on any atom is 0.165 e. The van der Waals surface area contributed by atoms with Gasteiger partial charge in [-0.1, -0.05) is 42.0 Å². The molecule has 1 unspecified atom stereocenters. The smallest absolute Gasteiger partial charge is 0.165 e. The van der Waals surface area contributed by atoms with Crippen molar-refractivity contribution in [2.45, 2.75) is 63.4 Å². The Morgan fingerprint density at radius 1 is 1.30 bits per heavy atom. The van der Waals surface area contributed by atoms with E-state index in [1.54, 1.807) is 7.11 Å². The second kappa shape index (κ2) is 6.84. The summed E-state index contributed by atoms with van der Waals surface area (Å²) in [6, 6.07) is 10.2. The Morgan fingerprint density at radius 2 is 2.00 bits per heavy atom. The molecule has 1 aromatic rings. The molecule has 0 N–H and O–H groups in total. The van der Waals surface area contributed by atoms with Crippen LogP contribution in [-0.4, -0.2) is 42.9 Å². The molecule has 1 saturated carbocycles. The monoisotopic (exact) mass is 370 g/mol. The van der Waals surface area contributed by atoms with Crippen molar-refractivity contribution in [3.05, 3.63) is 47.5 Å². The summed E-state index contributed by atoms with van der Waals surface area (Å²) in [6.07, 6.45) is 4.27. The van der Waals surface area contributed by atoms with E-state index in [9.17, 15) is 4.79 Å². The molecular weight excluding hydrogens is 340 g/mol. The van der Waals surface area contributed by atoms with Gasteiger partial charge in [-0.2, -0.15) is 0 Å². The molecule has 2 saturated heterocycles. The van der Waals surface area contributed by atoms with Gasteiger partial charge in [0, 0.05) is 13.0 Å². The molecule has 1 aliphatic carbocycles. The number of Topliss-reactive ketones (excluding diaryl/α,β-unsaturated/α-hetero) is 1. The normalized spacial score (nSPS) is 40.1. The average molecular weight is 370 g/mol. The molecule has 146 valence electrons. The largest absolute Gasteiger partial charge is 0.373 e. The summed E-state index contributed by atoms with van der Waals surface area (Å²) in [5.41, 5.74) is 1.85. The van der Waals surface area contributed by atoms with E-state index in [1.807, 2.05) is 18.2 Å². The van der Waals surface area contributed by atoms with Crippen molar-refractivity contribution in [3.63, 3.8) is 0 Å². The molecule has 2 heterocycles. The van der Waals surface area contributed by atoms with E-state index in [-0.39, 0.29) is 34.9 Å². The molecule has 0 amide bonds. The highest BCUT2D eigenvalue weighted by atomic mass is 16.6. The first-order valence-corrected chi connectivity index (χ1v) is 9.95. The Kier molecular flexibility index (Phi) is 4.77. The summed E-state index contributed by atoms with van der Waals surface area (Å²) < 4.78 is 17.9. The number of carbonyl (C=O) groups excluding carboxylic acids is 1. The number of ether oxygens (including phenoxy) is 3. The van der Waals surface area contributed by atoms with Crippen LogP contribution < -0.4 is 0 Å². The number of ketones is 1. The van der Waals surface area contributed by atoms with Crippen LogP contribution in [0.2, 0.25) is 0 Å². The molecule has 4 nitrogen and oxygen atoms in total. The minimum atomic E-state index is -0.461. The van der Waals surface area contributed by atoms with Crippen molar-refractivity contribution in [2.24, 2.45) is 11.8 Å². The van der Waals surface area contributed by atoms with E-state index in [4.69, 9.17) is 14.2 Å². The highest BCUT2D eigenvalue weighted by molar-refractivity contribution is 5.88. The quantitative estimate of drug-likeness (QED) is 0.565. The predicted molar refractivity (Wildman–Crippen MR) is 104 cm³/mol. The van der Waals surface area contributed by atoms with Crippen molar-refractivity contribution in [1.82, 2.24) is 0 Å². The fourth-order valence-corrected chi connectivity index (χ4v) is 5.02. The summed E-state index contributed by atoms with van der Waals surface area (Å²) in [5, 5.41) is 0. The summed E-state index contributed by atoms with van der Waals surface area (Å²) >= 11 is 0. The van der Waals surface area contributed by atoms with Gasteiger partial charge in [0.25, 0.3) is 0 Å². The van der Waals surface area contributed by atoms with Crippen molar-refractivity contribution in [1.29, 1.82) is 0 Å². The Balaban J connectivity index is 1.55. The van der Waals surface area contributed by atoms with Crippen LogP contribution in [0.5, 0.6) is 0 Å². The molecule has 3 fully saturated rings. The summed E-state index contributed by atoms with van der Waals surface area (Å²) in [5.74, 6) is 0.102. The molecule has 4 rings (SSSR count). The van der Waals surface area contributed by atoms with Gasteiger partial charge in [-0.05, 0) is 45.6 Å². The summed E-state index contributed by atoms with van der Waals surface area (Å²) in [4.78, 5) is 13.3. The number of methoxy groups -OCH3 is 1. The lowest BCUT2D eigenvalue weighted by Crippen LogP contribution is -2.56. The standard InChI is InChI=1S/C23H30O4/c1-15(2)10-11-18-22(3,27-18)21-20(25-4)19(24)17(13-23(21)14-26-23)12-16-8-6-5-7-9-16/h5-10,17-18,20-21H,11-14H2,1-4H3/t17?,18-,20-,21-,22-,23+/m1/s1. The van der Waals surface area contributed by atoms with E-state index in [0.717, 1.165) is 19.3 Å². The Bertz CT molecular complexity index is 732. The number of benzene rings is 1. The number of hydrogen-bond donors (Lipinski definition) is 0. The molecular formula is C23H30O4. The van der Waals surface area contributed by atoms with Crippen molar-refractivity contribution < 1.29 is 19.0 Å². The minimum Gasteiger partial charge on any atom is -0.373 e. The first-order valence-electron chi connectivity index (χ1n) is 9.95. The lowest BCUT2D eigenvalue weighted by molar-refractivity contribution is -0.148. The van der Waals surface area contributed by atoms with E-state index in [0.29, 0.717) is 6.61 Å². The summed E-state index contributed by atoms with van der Waals surface area (Å²) in [6.45, 7) is 7.02. The number of rotatable bonds is 6. The Hall–Kier alpha value is -1.49. The Morgan fingerprint density at radius 3 is 2.59 bits per heavy atom. The van der Waals surface area contributed by atoms with E-state index < -0.39 is 6.10 Å². The van der Waals surface area contributed by atoms with Crippen LogP contribution in [0.3, 0.4) is 0 Å². The first-order chi connectivity index (χ1) is 12.9. The molecule has 6 atom stereocenters. The van der Waals surface area contributed by atoms with Gasteiger partial charge in [-0.15, -0.1) is 0 Å². The van der Waals surface area contributed by atoms with Crippen LogP contribution in [0.15, 0.2) is 42.0 Å². The third-order valence-electron chi connectivity index (χ3n) is 6.57. The predicted octanol–water partition coefficient (Wildman–Crippen LogP) is 3.73. The maximum absolute atomic E-state index is 13.3. The van der Waals surface area contributed by atoms with E-state index in [1.165, 1.54) is 11.1 Å². The van der Waals surface area contributed by atoms with Crippen molar-refractivity contribution in [3.8, 4) is 0 Å². The van der Waals surface area contributed by atoms with Gasteiger partial charge in [-0.3, -0.25) is 4.79 Å². The van der Waals surface area contributed by atoms with Crippen LogP contribution >= 0.6 is 0 Å². The first kappa shape index (κ1) is 18.9. The number of carbonyl (C=O) groups is 1. The fourth-order valence-electron chi connectivity index (χ4n) is 5.02. The maximum atomic E-state index is 13.3. The van der Waals surface area contributed by atoms with Gasteiger partial charge in [-0.25, -0.2) is 0 Å². The average Bonchev–Trinajstić information content (AvgIpc) is 3.55. The molecule has 0 aromatic heterocycles. The van der Waals surface area contributed by atoms with Crippen LogP contribution in [0.4, 0.5) is 0 Å². The molecule has 2 aliphatic heterocycles. The number of hydrogen-bond acceptors (Lipinski definition) is 4. The van der Waals surface area contributed by atoms with Crippen molar-refractivity contribution >= 4 is 5.78 Å². The zero-order valence-corrected chi connectivity index (χ0v) is 16.7. The molecule has 1 aromatic carbocycles. The van der Waals surface area contributed by atoms with Crippen LogP contribution in [0.25, 0.3) is 0 Å². The highest BCUT2D eigenvalue weighted by Gasteiger charge is 2.73.